The third kappa shape index (κ3) is 2.77. The zero-order valence-corrected chi connectivity index (χ0v) is 11.4. The van der Waals surface area contributed by atoms with Gasteiger partial charge in [0.25, 0.3) is 0 Å². The van der Waals surface area contributed by atoms with Gasteiger partial charge in [0.1, 0.15) is 0 Å². The predicted octanol–water partition coefficient (Wildman–Crippen LogP) is 3.15. The Balaban J connectivity index is 1.77. The van der Waals surface area contributed by atoms with Crippen LogP contribution < -0.4 is 11.1 Å². The Morgan fingerprint density at radius 1 is 1.24 bits per heavy atom. The van der Waals surface area contributed by atoms with Crippen LogP contribution in [0.2, 0.25) is 0 Å². The van der Waals surface area contributed by atoms with Gasteiger partial charge in [-0.2, -0.15) is 13.2 Å². The highest BCUT2D eigenvalue weighted by molar-refractivity contribution is 5.95. The number of carbonyl (C=O) groups excluding carboxylic acids is 1. The molecular formula is C15H17F3N2O. The maximum absolute atomic E-state index is 12.8. The highest BCUT2D eigenvalue weighted by Gasteiger charge is 2.56. The van der Waals surface area contributed by atoms with Crippen molar-refractivity contribution in [3.8, 4) is 0 Å². The van der Waals surface area contributed by atoms with Crippen LogP contribution in [0.4, 0.5) is 18.9 Å². The van der Waals surface area contributed by atoms with E-state index in [1.807, 2.05) is 0 Å². The van der Waals surface area contributed by atoms with E-state index in [9.17, 15) is 18.0 Å². The molecule has 0 aromatic heterocycles. The van der Waals surface area contributed by atoms with Gasteiger partial charge in [-0.1, -0.05) is 6.42 Å². The first kappa shape index (κ1) is 14.4. The fourth-order valence-corrected chi connectivity index (χ4v) is 3.48. The molecule has 114 valence electrons. The zero-order chi connectivity index (χ0) is 15.2. The molecule has 0 spiro atoms. The van der Waals surface area contributed by atoms with E-state index in [1.165, 1.54) is 6.07 Å². The van der Waals surface area contributed by atoms with Gasteiger partial charge in [-0.3, -0.25) is 4.79 Å². The van der Waals surface area contributed by atoms with Gasteiger partial charge in [-0.15, -0.1) is 0 Å². The Morgan fingerprint density at radius 2 is 1.90 bits per heavy atom. The summed E-state index contributed by atoms with van der Waals surface area (Å²) in [6.45, 7) is 0.00146. The molecule has 3 nitrogen and oxygen atoms in total. The molecule has 2 fully saturated rings. The summed E-state index contributed by atoms with van der Waals surface area (Å²) in [5.41, 5.74) is 5.19. The van der Waals surface area contributed by atoms with Crippen LogP contribution in [0.25, 0.3) is 0 Å². The minimum absolute atomic E-state index is 0.00146. The van der Waals surface area contributed by atoms with Crippen molar-refractivity contribution in [2.75, 3.05) is 5.32 Å². The van der Waals surface area contributed by atoms with E-state index in [0.29, 0.717) is 17.4 Å². The predicted molar refractivity (Wildman–Crippen MR) is 72.3 cm³/mol. The number of hydrogen-bond donors (Lipinski definition) is 2. The number of alkyl halides is 3. The normalized spacial score (nSPS) is 27.3. The van der Waals surface area contributed by atoms with Gasteiger partial charge in [0.05, 0.1) is 5.56 Å². The van der Waals surface area contributed by atoms with Gasteiger partial charge >= 0.3 is 6.18 Å². The van der Waals surface area contributed by atoms with E-state index < -0.39 is 11.7 Å². The van der Waals surface area contributed by atoms with E-state index in [2.05, 4.69) is 5.32 Å². The molecule has 6 heteroatoms. The molecule has 0 aliphatic heterocycles. The maximum atomic E-state index is 12.8. The van der Waals surface area contributed by atoms with Crippen molar-refractivity contribution in [3.05, 3.63) is 29.3 Å². The number of anilines is 1. The van der Waals surface area contributed by atoms with Gasteiger partial charge in [0.2, 0.25) is 5.91 Å². The number of halogens is 3. The summed E-state index contributed by atoms with van der Waals surface area (Å²) in [6.07, 6.45) is -1.18. The highest BCUT2D eigenvalue weighted by Crippen LogP contribution is 2.57. The lowest BCUT2D eigenvalue weighted by Gasteiger charge is -2.13. The summed E-state index contributed by atoms with van der Waals surface area (Å²) < 4.78 is 38.5. The Kier molecular flexibility index (Phi) is 3.43. The quantitative estimate of drug-likeness (QED) is 0.900. The molecule has 2 saturated carbocycles. The number of rotatable bonds is 3. The smallest absolute Gasteiger partial charge is 0.326 e. The molecule has 21 heavy (non-hydrogen) atoms. The SMILES string of the molecule is NCc1cc(NC(=O)C2C3CCCC32)cc(C(F)(F)F)c1. The summed E-state index contributed by atoms with van der Waals surface area (Å²) in [7, 11) is 0. The number of fused-ring (bicyclic) bond motifs is 1. The van der Waals surface area contributed by atoms with Crippen LogP contribution in [0.15, 0.2) is 18.2 Å². The molecule has 0 radical (unpaired) electrons. The van der Waals surface area contributed by atoms with Crippen molar-refractivity contribution in [1.82, 2.24) is 0 Å². The number of nitrogens with one attached hydrogen (secondary N) is 1. The number of amides is 1. The molecule has 2 atom stereocenters. The summed E-state index contributed by atoms with van der Waals surface area (Å²) in [5.74, 6) is 0.691. The zero-order valence-electron chi connectivity index (χ0n) is 11.4. The van der Waals surface area contributed by atoms with Gasteiger partial charge in [0.15, 0.2) is 0 Å². The number of nitrogens with two attached hydrogens (primary N) is 1. The molecule has 0 saturated heterocycles. The van der Waals surface area contributed by atoms with E-state index in [0.717, 1.165) is 31.4 Å². The fraction of sp³-hybridized carbons (Fsp3) is 0.533. The van der Waals surface area contributed by atoms with Gasteiger partial charge in [-0.25, -0.2) is 0 Å². The van der Waals surface area contributed by atoms with Crippen LogP contribution in [0.1, 0.15) is 30.4 Å². The highest BCUT2D eigenvalue weighted by atomic mass is 19.4. The van der Waals surface area contributed by atoms with Crippen LogP contribution in [-0.2, 0) is 17.5 Å². The van der Waals surface area contributed by atoms with Crippen LogP contribution in [0.5, 0.6) is 0 Å². The Bertz CT molecular complexity index is 561. The average molecular weight is 298 g/mol. The first-order valence-electron chi connectivity index (χ1n) is 7.12. The van der Waals surface area contributed by atoms with Crippen LogP contribution in [-0.4, -0.2) is 5.91 Å². The van der Waals surface area contributed by atoms with Crippen LogP contribution in [0, 0.1) is 17.8 Å². The third-order valence-electron chi connectivity index (χ3n) is 4.53. The fourth-order valence-electron chi connectivity index (χ4n) is 3.48. The van der Waals surface area contributed by atoms with E-state index in [-0.39, 0.29) is 24.1 Å². The second kappa shape index (κ2) is 5.02. The summed E-state index contributed by atoms with van der Waals surface area (Å²) in [5, 5.41) is 2.63. The molecular weight excluding hydrogens is 281 g/mol. The average Bonchev–Trinajstić information content (AvgIpc) is 2.91. The maximum Gasteiger partial charge on any atom is 0.416 e. The van der Waals surface area contributed by atoms with E-state index in [4.69, 9.17) is 5.73 Å². The molecule has 2 aliphatic rings. The topological polar surface area (TPSA) is 55.1 Å². The van der Waals surface area contributed by atoms with Crippen LogP contribution >= 0.6 is 0 Å². The minimum Gasteiger partial charge on any atom is -0.326 e. The van der Waals surface area contributed by atoms with Crippen molar-refractivity contribution in [1.29, 1.82) is 0 Å². The van der Waals surface area contributed by atoms with Crippen molar-refractivity contribution < 1.29 is 18.0 Å². The van der Waals surface area contributed by atoms with E-state index >= 15 is 0 Å². The molecule has 1 amide bonds. The molecule has 2 aliphatic carbocycles. The lowest BCUT2D eigenvalue weighted by molar-refractivity contribution is -0.137. The molecule has 3 N–H and O–H groups in total. The summed E-state index contributed by atoms with van der Waals surface area (Å²) in [4.78, 5) is 12.1. The second-order valence-electron chi connectivity index (χ2n) is 5.89. The lowest BCUT2D eigenvalue weighted by Crippen LogP contribution is -2.18. The monoisotopic (exact) mass is 298 g/mol. The first-order valence-corrected chi connectivity index (χ1v) is 7.12. The standard InChI is InChI=1S/C15H17F3N2O/c16-15(17,18)9-4-8(7-19)5-10(6-9)20-14(21)13-11-2-1-3-12(11)13/h4-6,11-13H,1-3,7,19H2,(H,20,21). The number of benzene rings is 1. The molecule has 1 aromatic rings. The van der Waals surface area contributed by atoms with Gasteiger partial charge < -0.3 is 11.1 Å². The second-order valence-corrected chi connectivity index (χ2v) is 5.89. The summed E-state index contributed by atoms with van der Waals surface area (Å²) >= 11 is 0. The third-order valence-corrected chi connectivity index (χ3v) is 4.53. The van der Waals surface area contributed by atoms with Gasteiger partial charge in [-0.05, 0) is 48.4 Å². The Morgan fingerprint density at radius 3 is 2.48 bits per heavy atom. The molecule has 0 heterocycles. The molecule has 0 bridgehead atoms. The van der Waals surface area contributed by atoms with E-state index in [1.54, 1.807) is 0 Å². The Hall–Kier alpha value is -1.56. The van der Waals surface area contributed by atoms with Gasteiger partial charge in [0, 0.05) is 18.2 Å². The van der Waals surface area contributed by atoms with Crippen molar-refractivity contribution in [2.45, 2.75) is 32.0 Å². The van der Waals surface area contributed by atoms with Crippen LogP contribution in [0.3, 0.4) is 0 Å². The first-order chi connectivity index (χ1) is 9.90. The largest absolute Gasteiger partial charge is 0.416 e. The number of hydrogen-bond acceptors (Lipinski definition) is 2. The Labute approximate surface area is 120 Å². The van der Waals surface area contributed by atoms with Crippen molar-refractivity contribution in [3.63, 3.8) is 0 Å². The van der Waals surface area contributed by atoms with Crippen molar-refractivity contribution >= 4 is 11.6 Å². The molecule has 3 rings (SSSR count). The summed E-state index contributed by atoms with van der Waals surface area (Å²) in [6, 6.07) is 3.49. The number of carbonyl (C=O) groups is 1. The molecule has 1 aromatic carbocycles. The minimum atomic E-state index is -4.44. The lowest BCUT2D eigenvalue weighted by atomic mass is 10.1. The van der Waals surface area contributed by atoms with Crippen molar-refractivity contribution in [2.24, 2.45) is 23.5 Å². The molecule has 2 unspecified atom stereocenters.